The molecule has 1 aromatic carbocycles. The van der Waals surface area contributed by atoms with Gasteiger partial charge in [-0.3, -0.25) is 9.58 Å². The number of fused-ring (bicyclic) bond motifs is 1. The molecule has 0 radical (unpaired) electrons. The van der Waals surface area contributed by atoms with E-state index in [4.69, 9.17) is 4.74 Å². The first kappa shape index (κ1) is 15.2. The van der Waals surface area contributed by atoms with E-state index in [1.165, 1.54) is 25.0 Å². The van der Waals surface area contributed by atoms with Gasteiger partial charge in [0.25, 0.3) is 0 Å². The zero-order valence-corrected chi connectivity index (χ0v) is 13.5. The number of carbonyl (C=O) groups is 1. The molecule has 0 unspecified atom stereocenters. The zero-order valence-electron chi connectivity index (χ0n) is 13.5. The van der Waals surface area contributed by atoms with Crippen LogP contribution in [0.4, 0.5) is 0 Å². The fraction of sp³-hybridized carbons (Fsp3) is 0.444. The van der Waals surface area contributed by atoms with Crippen molar-refractivity contribution in [1.82, 2.24) is 14.7 Å². The first-order valence-corrected chi connectivity index (χ1v) is 8.45. The molecule has 0 saturated heterocycles. The molecule has 1 saturated carbocycles. The van der Waals surface area contributed by atoms with Crippen molar-refractivity contribution in [2.24, 2.45) is 0 Å². The van der Waals surface area contributed by atoms with Gasteiger partial charge in [0.05, 0.1) is 17.3 Å². The maximum absolute atomic E-state index is 11.5. The molecule has 1 aliphatic heterocycles. The maximum Gasteiger partial charge on any atom is 0.336 e. The van der Waals surface area contributed by atoms with Gasteiger partial charge in [-0.05, 0) is 37.5 Å². The lowest BCUT2D eigenvalue weighted by atomic mass is 9.93. The molecule has 24 heavy (non-hydrogen) atoms. The number of carboxylic acids is 1. The molecule has 4 rings (SSSR count). The Hall–Kier alpha value is -2.34. The SMILES string of the molecule is O=C(O)c1cccc2c1CN(Cc1ccnn1C1CCC1)CCO2. The molecule has 1 fully saturated rings. The van der Waals surface area contributed by atoms with Gasteiger partial charge < -0.3 is 9.84 Å². The predicted octanol–water partition coefficient (Wildman–Crippen LogP) is 2.70. The molecule has 0 spiro atoms. The summed E-state index contributed by atoms with van der Waals surface area (Å²) in [5.74, 6) is -0.221. The molecule has 0 atom stereocenters. The first-order valence-electron chi connectivity index (χ1n) is 8.45. The summed E-state index contributed by atoms with van der Waals surface area (Å²) in [5, 5.41) is 13.9. The van der Waals surface area contributed by atoms with Crippen molar-refractivity contribution in [3.63, 3.8) is 0 Å². The molecular weight excluding hydrogens is 306 g/mol. The van der Waals surface area contributed by atoms with Crippen molar-refractivity contribution in [3.05, 3.63) is 47.3 Å². The van der Waals surface area contributed by atoms with Crippen molar-refractivity contribution in [3.8, 4) is 5.75 Å². The fourth-order valence-electron chi connectivity index (χ4n) is 3.44. The zero-order chi connectivity index (χ0) is 16.5. The molecule has 126 valence electrons. The molecule has 2 heterocycles. The van der Waals surface area contributed by atoms with Crippen LogP contribution in [-0.2, 0) is 13.1 Å². The number of hydrogen-bond acceptors (Lipinski definition) is 4. The summed E-state index contributed by atoms with van der Waals surface area (Å²) < 4.78 is 7.91. The first-order chi connectivity index (χ1) is 11.7. The second kappa shape index (κ2) is 6.28. The maximum atomic E-state index is 11.5. The number of hydrogen-bond donors (Lipinski definition) is 1. The number of nitrogens with zero attached hydrogens (tertiary/aromatic N) is 3. The number of aromatic nitrogens is 2. The smallest absolute Gasteiger partial charge is 0.336 e. The molecule has 2 aliphatic rings. The van der Waals surface area contributed by atoms with Gasteiger partial charge in [-0.25, -0.2) is 4.79 Å². The van der Waals surface area contributed by atoms with Crippen LogP contribution in [0.3, 0.4) is 0 Å². The van der Waals surface area contributed by atoms with Gasteiger partial charge in [0.1, 0.15) is 12.4 Å². The largest absolute Gasteiger partial charge is 0.492 e. The van der Waals surface area contributed by atoms with Crippen molar-refractivity contribution >= 4 is 5.97 Å². The topological polar surface area (TPSA) is 67.6 Å². The Bertz CT molecular complexity index is 752. The molecular formula is C18H21N3O3. The standard InChI is InChI=1S/C18H21N3O3/c22-18(23)15-5-2-6-17-16(15)12-20(9-10-24-17)11-14-7-8-19-21(14)13-3-1-4-13/h2,5-8,13H,1,3-4,9-12H2,(H,22,23). The molecule has 6 nitrogen and oxygen atoms in total. The summed E-state index contributed by atoms with van der Waals surface area (Å²) in [5.41, 5.74) is 2.28. The number of carboxylic acid groups (broad SMARTS) is 1. The van der Waals surface area contributed by atoms with E-state index in [0.29, 0.717) is 30.5 Å². The Balaban J connectivity index is 1.57. The molecule has 0 bridgehead atoms. The molecule has 1 aromatic heterocycles. The highest BCUT2D eigenvalue weighted by molar-refractivity contribution is 5.90. The highest BCUT2D eigenvalue weighted by Crippen LogP contribution is 2.32. The third-order valence-corrected chi connectivity index (χ3v) is 4.97. The summed E-state index contributed by atoms with van der Waals surface area (Å²) in [6.07, 6.45) is 5.53. The number of aromatic carboxylic acids is 1. The molecule has 1 N–H and O–H groups in total. The van der Waals surface area contributed by atoms with Crippen LogP contribution in [0, 0.1) is 0 Å². The number of rotatable bonds is 4. The lowest BCUT2D eigenvalue weighted by Gasteiger charge is -2.29. The number of benzene rings is 1. The summed E-state index contributed by atoms with van der Waals surface area (Å²) in [6.45, 7) is 2.66. The van der Waals surface area contributed by atoms with Crippen LogP contribution in [0.1, 0.15) is 46.9 Å². The number of ether oxygens (including phenoxy) is 1. The van der Waals surface area contributed by atoms with Gasteiger partial charge in [0.15, 0.2) is 0 Å². The summed E-state index contributed by atoms with van der Waals surface area (Å²) in [6, 6.07) is 7.83. The van der Waals surface area contributed by atoms with Gasteiger partial charge in [-0.15, -0.1) is 0 Å². The minimum Gasteiger partial charge on any atom is -0.492 e. The minimum atomic E-state index is -0.906. The van der Waals surface area contributed by atoms with E-state index >= 15 is 0 Å². The average molecular weight is 327 g/mol. The van der Waals surface area contributed by atoms with Crippen molar-refractivity contribution in [2.75, 3.05) is 13.2 Å². The normalized spacial score (nSPS) is 18.3. The second-order valence-corrected chi connectivity index (χ2v) is 6.50. The van der Waals surface area contributed by atoms with E-state index in [0.717, 1.165) is 18.7 Å². The van der Waals surface area contributed by atoms with Crippen LogP contribution in [0.15, 0.2) is 30.5 Å². The minimum absolute atomic E-state index is 0.326. The average Bonchev–Trinajstić information content (AvgIpc) is 2.83. The van der Waals surface area contributed by atoms with Crippen LogP contribution < -0.4 is 4.74 Å². The lowest BCUT2D eigenvalue weighted by molar-refractivity contribution is 0.0694. The molecule has 1 aliphatic carbocycles. The quantitative estimate of drug-likeness (QED) is 0.935. The van der Waals surface area contributed by atoms with Crippen LogP contribution >= 0.6 is 0 Å². The van der Waals surface area contributed by atoms with Crippen molar-refractivity contribution < 1.29 is 14.6 Å². The molecule has 6 heteroatoms. The van der Waals surface area contributed by atoms with E-state index in [9.17, 15) is 9.90 Å². The van der Waals surface area contributed by atoms with E-state index in [-0.39, 0.29) is 0 Å². The van der Waals surface area contributed by atoms with Gasteiger partial charge in [-0.2, -0.15) is 5.10 Å². The van der Waals surface area contributed by atoms with Crippen molar-refractivity contribution in [1.29, 1.82) is 0 Å². The second-order valence-electron chi connectivity index (χ2n) is 6.50. The lowest BCUT2D eigenvalue weighted by Crippen LogP contribution is -2.29. The van der Waals surface area contributed by atoms with E-state index in [1.807, 2.05) is 12.3 Å². The van der Waals surface area contributed by atoms with E-state index < -0.39 is 5.97 Å². The summed E-state index contributed by atoms with van der Waals surface area (Å²) in [4.78, 5) is 13.8. The Labute approximate surface area is 140 Å². The Morgan fingerprint density at radius 3 is 2.96 bits per heavy atom. The van der Waals surface area contributed by atoms with E-state index in [1.54, 1.807) is 12.1 Å². The summed E-state index contributed by atoms with van der Waals surface area (Å²) in [7, 11) is 0. The van der Waals surface area contributed by atoms with Crippen LogP contribution in [0.2, 0.25) is 0 Å². The molecule has 2 aromatic rings. The predicted molar refractivity (Wildman–Crippen MR) is 88.1 cm³/mol. The van der Waals surface area contributed by atoms with E-state index in [2.05, 4.69) is 20.7 Å². The third kappa shape index (κ3) is 2.78. The van der Waals surface area contributed by atoms with Gasteiger partial charge >= 0.3 is 5.97 Å². The fourth-order valence-corrected chi connectivity index (χ4v) is 3.44. The Morgan fingerprint density at radius 1 is 1.33 bits per heavy atom. The molecule has 0 amide bonds. The van der Waals surface area contributed by atoms with Gasteiger partial charge in [0.2, 0.25) is 0 Å². The Kier molecular flexibility index (Phi) is 3.98. The highest BCUT2D eigenvalue weighted by atomic mass is 16.5. The Morgan fingerprint density at radius 2 is 2.21 bits per heavy atom. The van der Waals surface area contributed by atoms with Gasteiger partial charge in [-0.1, -0.05) is 6.07 Å². The van der Waals surface area contributed by atoms with Crippen LogP contribution in [0.25, 0.3) is 0 Å². The third-order valence-electron chi connectivity index (χ3n) is 4.97. The summed E-state index contributed by atoms with van der Waals surface area (Å²) >= 11 is 0. The monoisotopic (exact) mass is 327 g/mol. The van der Waals surface area contributed by atoms with Gasteiger partial charge in [0, 0.05) is 31.4 Å². The highest BCUT2D eigenvalue weighted by Gasteiger charge is 2.25. The van der Waals surface area contributed by atoms with Crippen LogP contribution in [0.5, 0.6) is 5.75 Å². The van der Waals surface area contributed by atoms with Crippen LogP contribution in [-0.4, -0.2) is 38.9 Å². The van der Waals surface area contributed by atoms with Crippen molar-refractivity contribution in [2.45, 2.75) is 38.4 Å².